The van der Waals surface area contributed by atoms with Gasteiger partial charge in [-0.2, -0.15) is 0 Å². The van der Waals surface area contributed by atoms with E-state index in [4.69, 9.17) is 11.6 Å². The van der Waals surface area contributed by atoms with Crippen molar-refractivity contribution in [2.75, 3.05) is 24.2 Å². The molecule has 0 aromatic heterocycles. The average molecular weight is 542 g/mol. The van der Waals surface area contributed by atoms with Gasteiger partial charge in [0.15, 0.2) is 0 Å². The molecular formula is C28H32ClN3O4S. The van der Waals surface area contributed by atoms with Gasteiger partial charge in [0.25, 0.3) is 0 Å². The second kappa shape index (κ2) is 12.3. The van der Waals surface area contributed by atoms with Gasteiger partial charge < -0.3 is 10.2 Å². The Morgan fingerprint density at radius 2 is 1.49 bits per heavy atom. The lowest BCUT2D eigenvalue weighted by Gasteiger charge is -2.34. The first-order chi connectivity index (χ1) is 17.5. The third-order valence-corrected chi connectivity index (χ3v) is 7.52. The van der Waals surface area contributed by atoms with Gasteiger partial charge in [-0.3, -0.25) is 13.9 Å². The number of hydrogen-bond donors (Lipinski definition) is 1. The number of amides is 2. The van der Waals surface area contributed by atoms with Crippen molar-refractivity contribution < 1.29 is 18.0 Å². The predicted molar refractivity (Wildman–Crippen MR) is 148 cm³/mol. The number of carbonyl (C=O) groups excluding carboxylic acids is 2. The number of hydrogen-bond acceptors (Lipinski definition) is 4. The second-order valence-electron chi connectivity index (χ2n) is 8.98. The molecule has 0 radical (unpaired) electrons. The molecule has 1 atom stereocenters. The Labute approximate surface area is 224 Å². The molecule has 1 N–H and O–H groups in total. The maximum atomic E-state index is 13.9. The molecular weight excluding hydrogens is 510 g/mol. The van der Waals surface area contributed by atoms with Crippen molar-refractivity contribution in [3.63, 3.8) is 0 Å². The van der Waals surface area contributed by atoms with Crippen LogP contribution in [0.5, 0.6) is 0 Å². The maximum absolute atomic E-state index is 13.9. The van der Waals surface area contributed by atoms with Crippen LogP contribution in [0.1, 0.15) is 22.3 Å². The summed E-state index contributed by atoms with van der Waals surface area (Å²) in [5.41, 5.74) is 3.56. The van der Waals surface area contributed by atoms with Crippen LogP contribution in [-0.2, 0) is 32.6 Å². The van der Waals surface area contributed by atoms with Crippen LogP contribution in [0.25, 0.3) is 0 Å². The zero-order valence-corrected chi connectivity index (χ0v) is 23.0. The van der Waals surface area contributed by atoms with Gasteiger partial charge >= 0.3 is 0 Å². The molecule has 7 nitrogen and oxygen atoms in total. The molecule has 2 amide bonds. The van der Waals surface area contributed by atoms with E-state index in [0.29, 0.717) is 10.7 Å². The Hall–Kier alpha value is -3.36. The summed E-state index contributed by atoms with van der Waals surface area (Å²) in [6.07, 6.45) is 1.35. The van der Waals surface area contributed by atoms with E-state index in [1.807, 2.05) is 36.4 Å². The Kier molecular flexibility index (Phi) is 9.34. The molecule has 9 heteroatoms. The fraction of sp³-hybridized carbons (Fsp3) is 0.286. The van der Waals surface area contributed by atoms with Gasteiger partial charge in [0, 0.05) is 25.0 Å². The number of halogens is 1. The molecule has 3 aromatic carbocycles. The first-order valence-electron chi connectivity index (χ1n) is 11.8. The van der Waals surface area contributed by atoms with Crippen LogP contribution in [-0.4, -0.2) is 51.0 Å². The zero-order chi connectivity index (χ0) is 27.2. The van der Waals surface area contributed by atoms with E-state index in [2.05, 4.69) is 5.32 Å². The minimum atomic E-state index is -3.81. The van der Waals surface area contributed by atoms with Crippen molar-refractivity contribution in [1.29, 1.82) is 0 Å². The molecule has 0 aliphatic carbocycles. The molecule has 0 saturated heterocycles. The SMILES string of the molecule is CNC(=O)C(Cc1ccccc1)N(Cc1ccc(Cl)cc1)C(=O)CN(c1c(C)cccc1C)S(C)(=O)=O. The molecule has 0 spiro atoms. The fourth-order valence-corrected chi connectivity index (χ4v) is 5.37. The summed E-state index contributed by atoms with van der Waals surface area (Å²) in [7, 11) is -2.29. The Balaban J connectivity index is 2.06. The zero-order valence-electron chi connectivity index (χ0n) is 21.4. The molecule has 0 heterocycles. The molecule has 3 rings (SSSR count). The number of likely N-dealkylation sites (N-methyl/N-ethyl adjacent to an activating group) is 1. The lowest BCUT2D eigenvalue weighted by molar-refractivity contribution is -0.139. The van der Waals surface area contributed by atoms with Crippen LogP contribution in [0.2, 0.25) is 5.02 Å². The third-order valence-electron chi connectivity index (χ3n) is 6.15. The van der Waals surface area contributed by atoms with Crippen LogP contribution in [0, 0.1) is 13.8 Å². The Morgan fingerprint density at radius 3 is 2.03 bits per heavy atom. The topological polar surface area (TPSA) is 86.8 Å². The fourth-order valence-electron chi connectivity index (χ4n) is 4.28. The quantitative estimate of drug-likeness (QED) is 0.418. The molecule has 0 aliphatic heterocycles. The van der Waals surface area contributed by atoms with E-state index >= 15 is 0 Å². The minimum Gasteiger partial charge on any atom is -0.357 e. The molecule has 0 bridgehead atoms. The van der Waals surface area contributed by atoms with Crippen LogP contribution < -0.4 is 9.62 Å². The summed E-state index contributed by atoms with van der Waals surface area (Å²) in [5, 5.41) is 3.21. The molecule has 196 valence electrons. The highest BCUT2D eigenvalue weighted by Gasteiger charge is 2.33. The predicted octanol–water partition coefficient (Wildman–Crippen LogP) is 4.11. The molecule has 0 saturated carbocycles. The molecule has 0 fully saturated rings. The first-order valence-corrected chi connectivity index (χ1v) is 14.1. The van der Waals surface area contributed by atoms with Gasteiger partial charge in [0.1, 0.15) is 12.6 Å². The summed E-state index contributed by atoms with van der Waals surface area (Å²) in [6.45, 7) is 3.27. The summed E-state index contributed by atoms with van der Waals surface area (Å²) in [4.78, 5) is 28.5. The number of carbonyl (C=O) groups is 2. The number of para-hydroxylation sites is 1. The van der Waals surface area contributed by atoms with Crippen LogP contribution in [0.15, 0.2) is 72.8 Å². The van der Waals surface area contributed by atoms with E-state index in [1.54, 1.807) is 50.2 Å². The Morgan fingerprint density at radius 1 is 0.892 bits per heavy atom. The number of anilines is 1. The van der Waals surface area contributed by atoms with Crippen molar-refractivity contribution in [1.82, 2.24) is 10.2 Å². The summed E-state index contributed by atoms with van der Waals surface area (Å²) < 4.78 is 26.9. The van der Waals surface area contributed by atoms with Gasteiger partial charge in [-0.15, -0.1) is 0 Å². The van der Waals surface area contributed by atoms with Crippen LogP contribution in [0.4, 0.5) is 5.69 Å². The second-order valence-corrected chi connectivity index (χ2v) is 11.3. The van der Waals surface area contributed by atoms with Crippen molar-refractivity contribution >= 4 is 39.1 Å². The van der Waals surface area contributed by atoms with Crippen molar-refractivity contribution in [2.24, 2.45) is 0 Å². The highest BCUT2D eigenvalue weighted by Crippen LogP contribution is 2.27. The van der Waals surface area contributed by atoms with Crippen LogP contribution in [0.3, 0.4) is 0 Å². The van der Waals surface area contributed by atoms with E-state index in [9.17, 15) is 18.0 Å². The van der Waals surface area contributed by atoms with E-state index in [1.165, 1.54) is 11.9 Å². The van der Waals surface area contributed by atoms with Gasteiger partial charge in [0.2, 0.25) is 21.8 Å². The lowest BCUT2D eigenvalue weighted by Crippen LogP contribution is -2.53. The highest BCUT2D eigenvalue weighted by molar-refractivity contribution is 7.92. The van der Waals surface area contributed by atoms with Crippen molar-refractivity contribution in [3.05, 3.63) is 100 Å². The van der Waals surface area contributed by atoms with Gasteiger partial charge in [0.05, 0.1) is 11.9 Å². The van der Waals surface area contributed by atoms with Crippen molar-refractivity contribution in [2.45, 2.75) is 32.9 Å². The van der Waals surface area contributed by atoms with Gasteiger partial charge in [-0.1, -0.05) is 72.3 Å². The smallest absolute Gasteiger partial charge is 0.244 e. The largest absolute Gasteiger partial charge is 0.357 e. The molecule has 37 heavy (non-hydrogen) atoms. The van der Waals surface area contributed by atoms with E-state index < -0.39 is 28.5 Å². The van der Waals surface area contributed by atoms with Gasteiger partial charge in [-0.25, -0.2) is 8.42 Å². The molecule has 1 unspecified atom stereocenters. The number of nitrogens with one attached hydrogen (secondary N) is 1. The number of sulfonamides is 1. The number of rotatable bonds is 10. The van der Waals surface area contributed by atoms with Gasteiger partial charge in [-0.05, 0) is 48.2 Å². The monoisotopic (exact) mass is 541 g/mol. The summed E-state index contributed by atoms with van der Waals surface area (Å²) in [5.74, 6) is -0.836. The maximum Gasteiger partial charge on any atom is 0.244 e. The number of aryl methyl sites for hydroxylation is 2. The molecule has 0 aliphatic rings. The van der Waals surface area contributed by atoms with E-state index in [-0.39, 0.29) is 18.9 Å². The highest BCUT2D eigenvalue weighted by atomic mass is 35.5. The number of benzene rings is 3. The number of nitrogens with zero attached hydrogens (tertiary/aromatic N) is 2. The molecule has 3 aromatic rings. The minimum absolute atomic E-state index is 0.102. The third kappa shape index (κ3) is 7.33. The average Bonchev–Trinajstić information content (AvgIpc) is 2.86. The van der Waals surface area contributed by atoms with Crippen molar-refractivity contribution in [3.8, 4) is 0 Å². The first kappa shape index (κ1) is 28.2. The summed E-state index contributed by atoms with van der Waals surface area (Å²) >= 11 is 6.05. The Bertz CT molecular complexity index is 1330. The normalized spacial score (nSPS) is 12.0. The van der Waals surface area contributed by atoms with Crippen LogP contribution >= 0.6 is 11.6 Å². The lowest BCUT2D eigenvalue weighted by atomic mass is 10.0. The van der Waals surface area contributed by atoms with E-state index in [0.717, 1.165) is 32.8 Å². The standard InChI is InChI=1S/C28H32ClN3O4S/c1-20-9-8-10-21(2)27(20)32(37(4,35)36)19-26(33)31(18-23-13-15-24(29)16-14-23)25(28(34)30-3)17-22-11-6-5-7-12-22/h5-16,25H,17-19H2,1-4H3,(H,30,34). The summed E-state index contributed by atoms with van der Waals surface area (Å²) in [6, 6.07) is 21.0.